The summed E-state index contributed by atoms with van der Waals surface area (Å²) in [5.41, 5.74) is 1.02. The van der Waals surface area contributed by atoms with Crippen LogP contribution in [0, 0.1) is 5.82 Å². The Kier molecular flexibility index (Phi) is 3.97. The molecule has 1 heterocycles. The summed E-state index contributed by atoms with van der Waals surface area (Å²) >= 11 is 3.42. The minimum absolute atomic E-state index is 0.125. The van der Waals surface area contributed by atoms with Crippen LogP contribution in [-0.4, -0.2) is 21.1 Å². The molecular formula is C15H10BrFN4O. The molecule has 0 saturated heterocycles. The number of carbonyl (C=O) groups excluding carboxylic acids is 1. The Morgan fingerprint density at radius 2 is 2.00 bits per heavy atom. The molecule has 5 nitrogen and oxygen atoms in total. The Hall–Kier alpha value is -2.54. The molecule has 3 rings (SSSR count). The first-order chi connectivity index (χ1) is 10.6. The van der Waals surface area contributed by atoms with Crippen LogP contribution in [-0.2, 0) is 0 Å². The topological polar surface area (TPSA) is 70.7 Å². The molecule has 0 unspecified atom stereocenters. The van der Waals surface area contributed by atoms with E-state index >= 15 is 0 Å². The SMILES string of the molecule is O=C(Nc1n[nH]c(-c2ccccc2Br)n1)c1cccc(F)c1. The number of hydrogen-bond acceptors (Lipinski definition) is 3. The van der Waals surface area contributed by atoms with Gasteiger partial charge in [0.25, 0.3) is 5.91 Å². The van der Waals surface area contributed by atoms with E-state index in [0.29, 0.717) is 5.82 Å². The number of amides is 1. The Balaban J connectivity index is 1.80. The van der Waals surface area contributed by atoms with Gasteiger partial charge in [0, 0.05) is 15.6 Å². The lowest BCUT2D eigenvalue weighted by Crippen LogP contribution is -2.13. The zero-order chi connectivity index (χ0) is 15.5. The van der Waals surface area contributed by atoms with Crippen molar-refractivity contribution in [1.29, 1.82) is 0 Å². The summed E-state index contributed by atoms with van der Waals surface area (Å²) in [6.07, 6.45) is 0. The molecule has 0 saturated carbocycles. The summed E-state index contributed by atoms with van der Waals surface area (Å²) < 4.78 is 14.0. The molecular weight excluding hydrogens is 351 g/mol. The normalized spacial score (nSPS) is 10.5. The maximum absolute atomic E-state index is 13.1. The van der Waals surface area contributed by atoms with Crippen LogP contribution in [0.15, 0.2) is 53.0 Å². The van der Waals surface area contributed by atoms with E-state index in [2.05, 4.69) is 36.4 Å². The quantitative estimate of drug-likeness (QED) is 0.749. The standard InChI is InChI=1S/C15H10BrFN4O/c16-12-7-2-1-6-11(12)13-18-15(21-20-13)19-14(22)9-4-3-5-10(17)8-9/h1-8H,(H2,18,19,20,21,22). The number of carbonyl (C=O) groups is 1. The van der Waals surface area contributed by atoms with Gasteiger partial charge >= 0.3 is 0 Å². The number of hydrogen-bond donors (Lipinski definition) is 2. The molecule has 1 aromatic heterocycles. The highest BCUT2D eigenvalue weighted by Crippen LogP contribution is 2.25. The van der Waals surface area contributed by atoms with Crippen LogP contribution in [0.1, 0.15) is 10.4 Å². The first-order valence-electron chi connectivity index (χ1n) is 6.38. The Morgan fingerprint density at radius 1 is 1.18 bits per heavy atom. The predicted molar refractivity (Wildman–Crippen MR) is 83.9 cm³/mol. The monoisotopic (exact) mass is 360 g/mol. The largest absolute Gasteiger partial charge is 0.289 e. The molecule has 2 N–H and O–H groups in total. The number of nitrogens with zero attached hydrogens (tertiary/aromatic N) is 2. The number of benzene rings is 2. The van der Waals surface area contributed by atoms with Crippen LogP contribution < -0.4 is 5.32 Å². The number of halogens is 2. The number of aromatic nitrogens is 3. The van der Waals surface area contributed by atoms with E-state index in [1.54, 1.807) is 0 Å². The van der Waals surface area contributed by atoms with E-state index in [9.17, 15) is 9.18 Å². The van der Waals surface area contributed by atoms with Crippen LogP contribution in [0.5, 0.6) is 0 Å². The molecule has 2 aromatic carbocycles. The molecule has 0 atom stereocenters. The fraction of sp³-hybridized carbons (Fsp3) is 0. The maximum atomic E-state index is 13.1. The summed E-state index contributed by atoms with van der Waals surface area (Å²) in [4.78, 5) is 16.2. The first kappa shape index (κ1) is 14.4. The molecule has 0 spiro atoms. The number of aromatic amines is 1. The third-order valence-electron chi connectivity index (χ3n) is 2.93. The van der Waals surface area contributed by atoms with Gasteiger partial charge in [-0.1, -0.05) is 40.2 Å². The van der Waals surface area contributed by atoms with E-state index < -0.39 is 11.7 Å². The smallest absolute Gasteiger partial charge is 0.258 e. The van der Waals surface area contributed by atoms with E-state index in [4.69, 9.17) is 0 Å². The first-order valence-corrected chi connectivity index (χ1v) is 7.17. The van der Waals surface area contributed by atoms with Crippen molar-refractivity contribution in [2.24, 2.45) is 0 Å². The van der Waals surface area contributed by atoms with Gasteiger partial charge in [-0.2, -0.15) is 4.98 Å². The Labute approximate surface area is 133 Å². The van der Waals surface area contributed by atoms with Gasteiger partial charge in [0.2, 0.25) is 5.95 Å². The molecule has 0 fully saturated rings. The molecule has 1 amide bonds. The van der Waals surface area contributed by atoms with E-state index in [0.717, 1.165) is 16.1 Å². The molecule has 3 aromatic rings. The van der Waals surface area contributed by atoms with Crippen molar-refractivity contribution in [1.82, 2.24) is 15.2 Å². The molecule has 7 heteroatoms. The summed E-state index contributed by atoms with van der Waals surface area (Å²) in [6.45, 7) is 0. The third kappa shape index (κ3) is 3.04. The van der Waals surface area contributed by atoms with Crippen LogP contribution in [0.4, 0.5) is 10.3 Å². The second-order valence-corrected chi connectivity index (χ2v) is 5.31. The zero-order valence-electron chi connectivity index (χ0n) is 11.2. The molecule has 0 aliphatic carbocycles. The molecule has 0 radical (unpaired) electrons. The molecule has 0 aliphatic heterocycles. The third-order valence-corrected chi connectivity index (χ3v) is 3.62. The summed E-state index contributed by atoms with van der Waals surface area (Å²) in [5, 5.41) is 9.21. The summed E-state index contributed by atoms with van der Waals surface area (Å²) in [5.74, 6) is -0.309. The fourth-order valence-corrected chi connectivity index (χ4v) is 2.37. The van der Waals surface area contributed by atoms with Crippen LogP contribution in [0.25, 0.3) is 11.4 Å². The second kappa shape index (κ2) is 6.07. The minimum Gasteiger partial charge on any atom is -0.289 e. The number of anilines is 1. The van der Waals surface area contributed by atoms with Gasteiger partial charge in [0.15, 0.2) is 5.82 Å². The van der Waals surface area contributed by atoms with E-state index in [1.165, 1.54) is 18.2 Å². The van der Waals surface area contributed by atoms with Gasteiger partial charge < -0.3 is 0 Å². The highest BCUT2D eigenvalue weighted by molar-refractivity contribution is 9.10. The molecule has 0 bridgehead atoms. The summed E-state index contributed by atoms with van der Waals surface area (Å²) in [7, 11) is 0. The van der Waals surface area contributed by atoms with Crippen molar-refractivity contribution in [3.63, 3.8) is 0 Å². The van der Waals surface area contributed by atoms with Crippen LogP contribution >= 0.6 is 15.9 Å². The lowest BCUT2D eigenvalue weighted by atomic mass is 10.2. The number of H-pyrrole nitrogens is 1. The fourth-order valence-electron chi connectivity index (χ4n) is 1.89. The van der Waals surface area contributed by atoms with Crippen LogP contribution in [0.2, 0.25) is 0 Å². The highest BCUT2D eigenvalue weighted by Gasteiger charge is 2.12. The van der Waals surface area contributed by atoms with Gasteiger partial charge in [0.1, 0.15) is 5.82 Å². The average Bonchev–Trinajstić information content (AvgIpc) is 2.96. The molecule has 110 valence electrons. The van der Waals surface area contributed by atoms with E-state index in [-0.39, 0.29) is 11.5 Å². The van der Waals surface area contributed by atoms with Crippen molar-refractivity contribution in [3.8, 4) is 11.4 Å². The number of rotatable bonds is 3. The van der Waals surface area contributed by atoms with Crippen molar-refractivity contribution in [3.05, 3.63) is 64.4 Å². The summed E-state index contributed by atoms with van der Waals surface area (Å²) in [6, 6.07) is 12.9. The molecule has 22 heavy (non-hydrogen) atoms. The van der Waals surface area contributed by atoms with Gasteiger partial charge in [-0.15, -0.1) is 5.10 Å². The van der Waals surface area contributed by atoms with Crippen molar-refractivity contribution < 1.29 is 9.18 Å². The average molecular weight is 361 g/mol. The number of nitrogens with one attached hydrogen (secondary N) is 2. The second-order valence-electron chi connectivity index (χ2n) is 4.45. The minimum atomic E-state index is -0.475. The van der Waals surface area contributed by atoms with Gasteiger partial charge in [-0.3, -0.25) is 15.2 Å². The van der Waals surface area contributed by atoms with Gasteiger partial charge in [0.05, 0.1) is 0 Å². The highest BCUT2D eigenvalue weighted by atomic mass is 79.9. The Morgan fingerprint density at radius 3 is 2.77 bits per heavy atom. The Bertz CT molecular complexity index is 834. The van der Waals surface area contributed by atoms with Crippen molar-refractivity contribution in [2.75, 3.05) is 5.32 Å². The predicted octanol–water partition coefficient (Wildman–Crippen LogP) is 3.63. The zero-order valence-corrected chi connectivity index (χ0v) is 12.8. The van der Waals surface area contributed by atoms with Gasteiger partial charge in [-0.25, -0.2) is 4.39 Å². The molecule has 0 aliphatic rings. The lowest BCUT2D eigenvalue weighted by Gasteiger charge is -2.01. The van der Waals surface area contributed by atoms with Crippen LogP contribution in [0.3, 0.4) is 0 Å². The lowest BCUT2D eigenvalue weighted by molar-refractivity contribution is 0.102. The van der Waals surface area contributed by atoms with Gasteiger partial charge in [-0.05, 0) is 24.3 Å². The van der Waals surface area contributed by atoms with E-state index in [1.807, 2.05) is 24.3 Å². The maximum Gasteiger partial charge on any atom is 0.258 e. The van der Waals surface area contributed by atoms with Crippen molar-refractivity contribution in [2.45, 2.75) is 0 Å². The van der Waals surface area contributed by atoms with Crippen molar-refractivity contribution >= 4 is 27.8 Å².